The van der Waals surface area contributed by atoms with Crippen LogP contribution in [-0.2, 0) is 20.5 Å². The lowest BCUT2D eigenvalue weighted by Crippen LogP contribution is -2.53. The quantitative estimate of drug-likeness (QED) is 0.674. The zero-order valence-corrected chi connectivity index (χ0v) is 18.7. The number of esters is 1. The third-order valence-corrected chi connectivity index (χ3v) is 7.61. The van der Waals surface area contributed by atoms with Crippen LogP contribution in [-0.4, -0.2) is 33.3 Å². The molecule has 28 heavy (non-hydrogen) atoms. The fourth-order valence-corrected chi connectivity index (χ4v) is 5.39. The van der Waals surface area contributed by atoms with Crippen molar-refractivity contribution in [3.05, 3.63) is 40.8 Å². The van der Waals surface area contributed by atoms with Crippen LogP contribution in [0.2, 0.25) is 0 Å². The van der Waals surface area contributed by atoms with Crippen LogP contribution in [0, 0.1) is 17.2 Å². The molecule has 1 aromatic carbocycles. The molecule has 0 radical (unpaired) electrons. The number of hydrogen-bond donors (Lipinski definition) is 1. The van der Waals surface area contributed by atoms with Gasteiger partial charge in [-0.1, -0.05) is 12.1 Å². The van der Waals surface area contributed by atoms with Gasteiger partial charge in [0.1, 0.15) is 0 Å². The van der Waals surface area contributed by atoms with Gasteiger partial charge in [-0.3, -0.25) is 4.79 Å². The number of thioether (sulfide) groups is 1. The van der Waals surface area contributed by atoms with Gasteiger partial charge in [-0.25, -0.2) is 8.93 Å². The van der Waals surface area contributed by atoms with E-state index in [1.165, 1.54) is 7.11 Å². The molecule has 3 atom stereocenters. The van der Waals surface area contributed by atoms with E-state index in [0.29, 0.717) is 12.0 Å². The Balaban J connectivity index is 2.37. The van der Waals surface area contributed by atoms with Crippen LogP contribution in [0.4, 0.5) is 0 Å². The summed E-state index contributed by atoms with van der Waals surface area (Å²) >= 11 is 1.70. The van der Waals surface area contributed by atoms with E-state index in [9.17, 15) is 14.3 Å². The van der Waals surface area contributed by atoms with Crippen molar-refractivity contribution < 1.29 is 13.7 Å². The molecule has 0 amide bonds. The van der Waals surface area contributed by atoms with Crippen LogP contribution < -0.4 is 4.72 Å². The first-order valence-corrected chi connectivity index (χ1v) is 11.4. The molecule has 1 aliphatic heterocycles. The Morgan fingerprint density at radius 2 is 2.11 bits per heavy atom. The summed E-state index contributed by atoms with van der Waals surface area (Å²) in [5.41, 5.74) is 2.13. The summed E-state index contributed by atoms with van der Waals surface area (Å²) in [5, 5.41) is 11.3. The topological polar surface area (TPSA) is 79.2 Å². The SMILES string of the molecule is COC(=O)CC[C@](C)(NS(=O)C(C)(C)C)C1CSC=C1c1cccc(C#N)c1. The van der Waals surface area contributed by atoms with Gasteiger partial charge >= 0.3 is 5.97 Å². The number of nitrogens with one attached hydrogen (secondary N) is 1. The number of nitriles is 1. The maximum Gasteiger partial charge on any atom is 0.305 e. The predicted molar refractivity (Wildman–Crippen MR) is 116 cm³/mol. The van der Waals surface area contributed by atoms with Gasteiger partial charge in [-0.05, 0) is 62.8 Å². The van der Waals surface area contributed by atoms with Gasteiger partial charge < -0.3 is 4.74 Å². The maximum atomic E-state index is 12.9. The van der Waals surface area contributed by atoms with E-state index in [1.54, 1.807) is 17.8 Å². The van der Waals surface area contributed by atoms with Gasteiger partial charge in [0.15, 0.2) is 0 Å². The van der Waals surface area contributed by atoms with Crippen molar-refractivity contribution in [1.29, 1.82) is 5.26 Å². The van der Waals surface area contributed by atoms with Crippen molar-refractivity contribution in [3.8, 4) is 6.07 Å². The van der Waals surface area contributed by atoms with Crippen molar-refractivity contribution in [1.82, 2.24) is 4.72 Å². The summed E-state index contributed by atoms with van der Waals surface area (Å²) in [4.78, 5) is 11.8. The summed E-state index contributed by atoms with van der Waals surface area (Å²) in [7, 11) is 0.0918. The molecule has 152 valence electrons. The van der Waals surface area contributed by atoms with Crippen molar-refractivity contribution in [2.75, 3.05) is 12.9 Å². The molecule has 0 aliphatic carbocycles. The summed E-state index contributed by atoms with van der Waals surface area (Å²) in [5.74, 6) is 0.581. The molecule has 1 aromatic rings. The molecule has 0 bridgehead atoms. The van der Waals surface area contributed by atoms with E-state index in [0.717, 1.165) is 16.9 Å². The van der Waals surface area contributed by atoms with Gasteiger partial charge in [0.2, 0.25) is 0 Å². The number of carbonyl (C=O) groups excluding carboxylic acids is 1. The van der Waals surface area contributed by atoms with E-state index in [-0.39, 0.29) is 18.3 Å². The molecule has 7 heteroatoms. The summed E-state index contributed by atoms with van der Waals surface area (Å²) in [6, 6.07) is 9.72. The van der Waals surface area contributed by atoms with Crippen LogP contribution in [0.5, 0.6) is 0 Å². The number of carbonyl (C=O) groups is 1. The minimum Gasteiger partial charge on any atom is -0.469 e. The monoisotopic (exact) mass is 420 g/mol. The molecule has 5 nitrogen and oxygen atoms in total. The lowest BCUT2D eigenvalue weighted by atomic mass is 9.77. The van der Waals surface area contributed by atoms with E-state index in [4.69, 9.17) is 4.74 Å². The molecule has 0 saturated heterocycles. The summed E-state index contributed by atoms with van der Waals surface area (Å²) in [6.07, 6.45) is 0.746. The lowest BCUT2D eigenvalue weighted by molar-refractivity contribution is -0.141. The highest BCUT2D eigenvalue weighted by atomic mass is 32.2. The maximum absolute atomic E-state index is 12.9. The second-order valence-corrected chi connectivity index (χ2v) is 11.0. The standard InChI is InChI=1S/C21H28N2O3S2/c1-20(2,3)28(25)23-21(4,10-9-19(24)26-5)18-14-27-13-17(18)16-8-6-7-15(11-16)12-22/h6-8,11,13,18,23H,9-10,14H2,1-5H3/t18?,21-,28?/m0/s1. The molecule has 0 aromatic heterocycles. The zero-order chi connectivity index (χ0) is 20.9. The molecule has 2 rings (SSSR count). The summed E-state index contributed by atoms with van der Waals surface area (Å²) < 4.78 is 20.6. The van der Waals surface area contributed by atoms with Crippen LogP contribution in [0.1, 0.15) is 51.7 Å². The molecule has 1 heterocycles. The third kappa shape index (κ3) is 5.47. The number of nitrogens with zero attached hydrogens (tertiary/aromatic N) is 1. The molecule has 0 spiro atoms. The van der Waals surface area contributed by atoms with E-state index < -0.39 is 21.3 Å². The van der Waals surface area contributed by atoms with Crippen molar-refractivity contribution >= 4 is 34.3 Å². The van der Waals surface area contributed by atoms with Crippen LogP contribution in [0.25, 0.3) is 5.57 Å². The Labute approximate surface area is 174 Å². The van der Waals surface area contributed by atoms with Crippen LogP contribution in [0.3, 0.4) is 0 Å². The largest absolute Gasteiger partial charge is 0.469 e. The Bertz CT molecular complexity index is 824. The average Bonchev–Trinajstić information content (AvgIpc) is 3.16. The van der Waals surface area contributed by atoms with Gasteiger partial charge in [-0.2, -0.15) is 5.26 Å². The molecular formula is C21H28N2O3S2. The van der Waals surface area contributed by atoms with Gasteiger partial charge in [0.25, 0.3) is 0 Å². The molecular weight excluding hydrogens is 392 g/mol. The zero-order valence-electron chi connectivity index (χ0n) is 17.1. The molecule has 0 fully saturated rings. The van der Waals surface area contributed by atoms with Gasteiger partial charge in [-0.15, -0.1) is 11.8 Å². The molecule has 1 N–H and O–H groups in total. The minimum atomic E-state index is -1.29. The van der Waals surface area contributed by atoms with E-state index in [2.05, 4.69) is 16.2 Å². The van der Waals surface area contributed by atoms with E-state index in [1.807, 2.05) is 45.9 Å². The Kier molecular flexibility index (Phi) is 7.49. The highest BCUT2D eigenvalue weighted by Crippen LogP contribution is 2.44. The molecule has 0 saturated carbocycles. The van der Waals surface area contributed by atoms with Crippen LogP contribution >= 0.6 is 11.8 Å². The van der Waals surface area contributed by atoms with Crippen molar-refractivity contribution in [2.45, 2.75) is 50.8 Å². The first kappa shape index (κ1) is 22.7. The fraction of sp³-hybridized carbons (Fsp3) is 0.524. The minimum absolute atomic E-state index is 0.0439. The second-order valence-electron chi connectivity index (χ2n) is 8.13. The van der Waals surface area contributed by atoms with Gasteiger partial charge in [0, 0.05) is 23.6 Å². The molecule has 2 unspecified atom stereocenters. The third-order valence-electron chi connectivity index (χ3n) is 4.90. The molecule has 1 aliphatic rings. The number of ether oxygens (including phenoxy) is 1. The predicted octanol–water partition coefficient (Wildman–Crippen LogP) is 4.03. The highest BCUT2D eigenvalue weighted by Gasteiger charge is 2.42. The van der Waals surface area contributed by atoms with Crippen LogP contribution in [0.15, 0.2) is 29.7 Å². The average molecular weight is 421 g/mol. The second kappa shape index (κ2) is 9.25. The number of methoxy groups -OCH3 is 1. The Morgan fingerprint density at radius 1 is 1.39 bits per heavy atom. The normalized spacial score (nSPS) is 20.0. The fourth-order valence-electron chi connectivity index (χ4n) is 3.10. The first-order valence-electron chi connectivity index (χ1n) is 9.19. The lowest BCUT2D eigenvalue weighted by Gasteiger charge is -2.39. The smallest absolute Gasteiger partial charge is 0.305 e. The first-order chi connectivity index (χ1) is 13.1. The van der Waals surface area contributed by atoms with E-state index >= 15 is 0 Å². The van der Waals surface area contributed by atoms with Gasteiger partial charge in [0.05, 0.1) is 34.5 Å². The number of rotatable bonds is 7. The Morgan fingerprint density at radius 3 is 2.71 bits per heavy atom. The van der Waals surface area contributed by atoms with Crippen molar-refractivity contribution in [3.63, 3.8) is 0 Å². The highest BCUT2D eigenvalue weighted by molar-refractivity contribution is 8.02. The summed E-state index contributed by atoms with van der Waals surface area (Å²) in [6.45, 7) is 7.80. The Hall–Kier alpha value is -1.62. The van der Waals surface area contributed by atoms with Crippen molar-refractivity contribution in [2.24, 2.45) is 5.92 Å². The number of hydrogen-bond acceptors (Lipinski definition) is 5. The number of benzene rings is 1.